The van der Waals surface area contributed by atoms with Crippen molar-refractivity contribution in [2.24, 2.45) is 0 Å². The normalized spacial score (nSPS) is 15.1. The first-order valence-corrected chi connectivity index (χ1v) is 8.57. The molecule has 26 heavy (non-hydrogen) atoms. The molecule has 1 aliphatic carbocycles. The summed E-state index contributed by atoms with van der Waals surface area (Å²) in [7, 11) is 1.67. The first-order valence-electron chi connectivity index (χ1n) is 8.57. The van der Waals surface area contributed by atoms with E-state index in [0.29, 0.717) is 17.6 Å². The Morgan fingerprint density at radius 3 is 2.50 bits per heavy atom. The highest BCUT2D eigenvalue weighted by atomic mass is 16.5. The summed E-state index contributed by atoms with van der Waals surface area (Å²) in [6.07, 6.45) is 1.52. The molecule has 1 heterocycles. The molecule has 0 radical (unpaired) electrons. The number of nitrogens with zero attached hydrogens (tertiary/aromatic N) is 1. The van der Waals surface area contributed by atoms with Gasteiger partial charge in [-0.1, -0.05) is 36.4 Å². The fourth-order valence-corrected chi connectivity index (χ4v) is 3.62. The number of oxazole rings is 1. The summed E-state index contributed by atoms with van der Waals surface area (Å²) in [6, 6.07) is 15.3. The van der Waals surface area contributed by atoms with E-state index in [1.165, 1.54) is 15.7 Å². The summed E-state index contributed by atoms with van der Waals surface area (Å²) in [5.41, 5.74) is 3.15. The van der Waals surface area contributed by atoms with Crippen molar-refractivity contribution in [1.82, 2.24) is 9.88 Å². The van der Waals surface area contributed by atoms with Gasteiger partial charge in [0, 0.05) is 26.5 Å². The molecule has 1 amide bonds. The molecule has 0 saturated carbocycles. The van der Waals surface area contributed by atoms with E-state index in [4.69, 9.17) is 9.15 Å². The van der Waals surface area contributed by atoms with Crippen LogP contribution in [-0.4, -0.2) is 29.7 Å². The minimum atomic E-state index is -0.531. The Morgan fingerprint density at radius 1 is 1.15 bits per heavy atom. The topological polar surface area (TPSA) is 73.5 Å². The molecular weight excluding hydrogens is 332 g/mol. The summed E-state index contributed by atoms with van der Waals surface area (Å²) >= 11 is 0. The molecule has 6 heteroatoms. The van der Waals surface area contributed by atoms with Crippen molar-refractivity contribution in [1.29, 1.82) is 0 Å². The molecule has 0 aliphatic heterocycles. The van der Waals surface area contributed by atoms with Crippen LogP contribution < -0.4 is 11.1 Å². The number of aromatic nitrogens is 1. The Bertz CT molecular complexity index is 993. The molecule has 6 nitrogen and oxygen atoms in total. The van der Waals surface area contributed by atoms with E-state index in [0.717, 1.165) is 12.8 Å². The monoisotopic (exact) mass is 352 g/mol. The Balaban J connectivity index is 1.45. The van der Waals surface area contributed by atoms with Crippen molar-refractivity contribution >= 4 is 17.0 Å². The molecule has 0 fully saturated rings. The zero-order chi connectivity index (χ0) is 18.1. The molecule has 0 atom stereocenters. The van der Waals surface area contributed by atoms with Crippen LogP contribution in [0.4, 0.5) is 0 Å². The lowest BCUT2D eigenvalue weighted by molar-refractivity contribution is -0.123. The van der Waals surface area contributed by atoms with Crippen LogP contribution >= 0.6 is 0 Å². The third-order valence-corrected chi connectivity index (χ3v) is 5.06. The fourth-order valence-electron chi connectivity index (χ4n) is 3.62. The first-order chi connectivity index (χ1) is 12.6. The van der Waals surface area contributed by atoms with Gasteiger partial charge in [-0.25, -0.2) is 4.79 Å². The molecule has 0 saturated heterocycles. The Hall–Kier alpha value is -2.86. The molecular formula is C20H20N2O4. The zero-order valence-corrected chi connectivity index (χ0v) is 14.5. The number of hydrogen-bond donors (Lipinski definition) is 1. The second-order valence-electron chi connectivity index (χ2n) is 6.71. The summed E-state index contributed by atoms with van der Waals surface area (Å²) in [5, 5.41) is 2.92. The van der Waals surface area contributed by atoms with Gasteiger partial charge < -0.3 is 14.5 Å². The Morgan fingerprint density at radius 2 is 1.81 bits per heavy atom. The van der Waals surface area contributed by atoms with Crippen LogP contribution in [0.2, 0.25) is 0 Å². The number of para-hydroxylation sites is 2. The molecule has 3 aromatic rings. The third kappa shape index (κ3) is 2.93. The van der Waals surface area contributed by atoms with Gasteiger partial charge in [0.1, 0.15) is 6.54 Å². The highest BCUT2D eigenvalue weighted by molar-refractivity contribution is 5.79. The van der Waals surface area contributed by atoms with Gasteiger partial charge in [0.15, 0.2) is 5.58 Å². The van der Waals surface area contributed by atoms with Crippen molar-refractivity contribution in [3.05, 3.63) is 70.2 Å². The number of rotatable bonds is 5. The van der Waals surface area contributed by atoms with E-state index in [2.05, 4.69) is 17.4 Å². The standard InChI is InChI=1S/C20H20N2O4/c1-25-20(10-14-6-2-3-7-15(14)11-20)13-21-18(23)12-22-16-8-4-5-9-17(16)26-19(22)24/h2-9H,10-13H2,1H3,(H,21,23). The maximum Gasteiger partial charge on any atom is 0.420 e. The number of carbonyl (C=O) groups is 1. The minimum absolute atomic E-state index is 0.0808. The van der Waals surface area contributed by atoms with Crippen molar-refractivity contribution in [2.75, 3.05) is 13.7 Å². The summed E-state index contributed by atoms with van der Waals surface area (Å²) < 4.78 is 12.3. The van der Waals surface area contributed by atoms with Gasteiger partial charge in [0.25, 0.3) is 0 Å². The van der Waals surface area contributed by atoms with Crippen LogP contribution in [0.3, 0.4) is 0 Å². The highest BCUT2D eigenvalue weighted by Crippen LogP contribution is 2.32. The third-order valence-electron chi connectivity index (χ3n) is 5.06. The lowest BCUT2D eigenvalue weighted by Crippen LogP contribution is -2.46. The van der Waals surface area contributed by atoms with Crippen LogP contribution in [-0.2, 0) is 28.9 Å². The first kappa shape index (κ1) is 16.6. The summed E-state index contributed by atoms with van der Waals surface area (Å²) in [6.45, 7) is 0.310. The van der Waals surface area contributed by atoms with Crippen LogP contribution in [0.1, 0.15) is 11.1 Å². The number of nitrogens with one attached hydrogen (secondary N) is 1. The van der Waals surface area contributed by atoms with E-state index >= 15 is 0 Å². The number of amides is 1. The Labute approximate surface area is 150 Å². The van der Waals surface area contributed by atoms with Gasteiger partial charge in [-0.3, -0.25) is 9.36 Å². The van der Waals surface area contributed by atoms with Gasteiger partial charge in [-0.2, -0.15) is 0 Å². The van der Waals surface area contributed by atoms with Crippen LogP contribution in [0, 0.1) is 0 Å². The number of hydrogen-bond acceptors (Lipinski definition) is 4. The maximum atomic E-state index is 12.4. The van der Waals surface area contributed by atoms with Gasteiger partial charge in [-0.05, 0) is 23.3 Å². The second kappa shape index (κ2) is 6.46. The fraction of sp³-hybridized carbons (Fsp3) is 0.300. The quantitative estimate of drug-likeness (QED) is 0.761. The predicted molar refractivity (Wildman–Crippen MR) is 97.1 cm³/mol. The van der Waals surface area contributed by atoms with E-state index in [-0.39, 0.29) is 12.5 Å². The predicted octanol–water partition coefficient (Wildman–Crippen LogP) is 1.89. The number of carbonyl (C=O) groups excluding carboxylic acids is 1. The van der Waals surface area contributed by atoms with Gasteiger partial charge >= 0.3 is 5.76 Å². The average molecular weight is 352 g/mol. The van der Waals surface area contributed by atoms with Gasteiger partial charge in [0.05, 0.1) is 11.1 Å². The maximum absolute atomic E-state index is 12.4. The summed E-state index contributed by atoms with van der Waals surface area (Å²) in [4.78, 5) is 24.4. The van der Waals surface area contributed by atoms with Crippen LogP contribution in [0.5, 0.6) is 0 Å². The molecule has 1 N–H and O–H groups in total. The van der Waals surface area contributed by atoms with Gasteiger partial charge in [0.2, 0.25) is 5.91 Å². The molecule has 1 aromatic heterocycles. The smallest absolute Gasteiger partial charge is 0.408 e. The molecule has 0 spiro atoms. The van der Waals surface area contributed by atoms with Crippen molar-refractivity contribution in [3.8, 4) is 0 Å². The Kier molecular flexibility index (Phi) is 4.12. The molecule has 0 bridgehead atoms. The zero-order valence-electron chi connectivity index (χ0n) is 14.5. The molecule has 134 valence electrons. The molecule has 4 rings (SSSR count). The van der Waals surface area contributed by atoms with Gasteiger partial charge in [-0.15, -0.1) is 0 Å². The number of methoxy groups -OCH3 is 1. The van der Waals surface area contributed by atoms with Crippen molar-refractivity contribution in [3.63, 3.8) is 0 Å². The van der Waals surface area contributed by atoms with E-state index in [1.54, 1.807) is 31.4 Å². The largest absolute Gasteiger partial charge is 0.420 e. The van der Waals surface area contributed by atoms with E-state index < -0.39 is 11.4 Å². The van der Waals surface area contributed by atoms with E-state index in [9.17, 15) is 9.59 Å². The lowest BCUT2D eigenvalue weighted by atomic mass is 10.00. The number of fused-ring (bicyclic) bond motifs is 2. The number of benzene rings is 2. The molecule has 0 unspecified atom stereocenters. The minimum Gasteiger partial charge on any atom is -0.408 e. The average Bonchev–Trinajstić information content (AvgIpc) is 3.18. The van der Waals surface area contributed by atoms with Crippen LogP contribution in [0.25, 0.3) is 11.1 Å². The van der Waals surface area contributed by atoms with Crippen molar-refractivity contribution < 1.29 is 13.9 Å². The highest BCUT2D eigenvalue weighted by Gasteiger charge is 2.37. The lowest BCUT2D eigenvalue weighted by Gasteiger charge is -2.27. The molecule has 2 aromatic carbocycles. The SMILES string of the molecule is COC1(CNC(=O)Cn2c(=O)oc3ccccc32)Cc2ccccc2C1. The number of ether oxygens (including phenoxy) is 1. The second-order valence-corrected chi connectivity index (χ2v) is 6.71. The van der Waals surface area contributed by atoms with Crippen molar-refractivity contribution in [2.45, 2.75) is 25.0 Å². The van der Waals surface area contributed by atoms with E-state index in [1.807, 2.05) is 12.1 Å². The molecule has 1 aliphatic rings. The van der Waals surface area contributed by atoms with Crippen LogP contribution in [0.15, 0.2) is 57.7 Å². The summed E-state index contributed by atoms with van der Waals surface area (Å²) in [5.74, 6) is -0.776.